The van der Waals surface area contributed by atoms with Crippen LogP contribution in [0.3, 0.4) is 0 Å². The van der Waals surface area contributed by atoms with Crippen LogP contribution in [-0.2, 0) is 11.3 Å². The van der Waals surface area contributed by atoms with E-state index >= 15 is 0 Å². The topological polar surface area (TPSA) is 85.6 Å². The molecule has 9 heteroatoms. The zero-order valence-corrected chi connectivity index (χ0v) is 16.5. The summed E-state index contributed by atoms with van der Waals surface area (Å²) in [6.45, 7) is 4.68. The van der Waals surface area contributed by atoms with Gasteiger partial charge in [-0.25, -0.2) is 4.98 Å². The van der Waals surface area contributed by atoms with Gasteiger partial charge >= 0.3 is 0 Å². The molecule has 0 saturated heterocycles. The zero-order chi connectivity index (χ0) is 19.2. The highest BCUT2D eigenvalue weighted by molar-refractivity contribution is 8.00. The van der Waals surface area contributed by atoms with Crippen molar-refractivity contribution in [2.24, 2.45) is 0 Å². The predicted octanol–water partition coefficient (Wildman–Crippen LogP) is 3.92. The van der Waals surface area contributed by atoms with Crippen LogP contribution >= 0.6 is 23.4 Å². The summed E-state index contributed by atoms with van der Waals surface area (Å²) in [6.07, 6.45) is 5.87. The lowest BCUT2D eigenvalue weighted by Gasteiger charge is -2.13. The maximum Gasteiger partial charge on any atom is 0.238 e. The summed E-state index contributed by atoms with van der Waals surface area (Å²) in [7, 11) is 0. The van der Waals surface area contributed by atoms with Gasteiger partial charge in [0.25, 0.3) is 0 Å². The summed E-state index contributed by atoms with van der Waals surface area (Å²) in [5.74, 6) is 1.07. The second kappa shape index (κ2) is 8.96. The molecule has 1 N–H and O–H groups in total. The van der Waals surface area contributed by atoms with Gasteiger partial charge in [0.2, 0.25) is 5.91 Å². The van der Waals surface area contributed by atoms with Gasteiger partial charge in [-0.15, -0.1) is 10.2 Å². The second-order valence-corrected chi connectivity index (χ2v) is 7.55. The zero-order valence-electron chi connectivity index (χ0n) is 15.0. The second-order valence-electron chi connectivity index (χ2n) is 5.80. The Kier molecular flexibility index (Phi) is 6.41. The van der Waals surface area contributed by atoms with E-state index < -0.39 is 0 Å². The van der Waals surface area contributed by atoms with Gasteiger partial charge in [0.15, 0.2) is 11.0 Å². The van der Waals surface area contributed by atoms with Gasteiger partial charge in [-0.3, -0.25) is 9.78 Å². The summed E-state index contributed by atoms with van der Waals surface area (Å²) >= 11 is 7.18. The molecular formula is C18H19ClN6OS. The van der Waals surface area contributed by atoms with E-state index in [4.69, 9.17) is 11.6 Å². The number of thioether (sulfide) groups is 1. The molecule has 0 fully saturated rings. The number of anilines is 1. The number of pyridine rings is 2. The van der Waals surface area contributed by atoms with Crippen LogP contribution < -0.4 is 5.32 Å². The van der Waals surface area contributed by atoms with Crippen molar-refractivity contribution in [3.05, 3.63) is 47.9 Å². The third-order valence-electron chi connectivity index (χ3n) is 3.73. The number of halogens is 1. The molecule has 0 aliphatic carbocycles. The highest BCUT2D eigenvalue weighted by Gasteiger charge is 2.21. The largest absolute Gasteiger partial charge is 0.310 e. The first-order valence-electron chi connectivity index (χ1n) is 8.51. The smallest absolute Gasteiger partial charge is 0.238 e. The molecule has 3 rings (SSSR count). The van der Waals surface area contributed by atoms with Crippen molar-refractivity contribution in [2.45, 2.75) is 37.2 Å². The van der Waals surface area contributed by atoms with Crippen molar-refractivity contribution in [3.63, 3.8) is 0 Å². The minimum Gasteiger partial charge on any atom is -0.310 e. The molecule has 1 atom stereocenters. The van der Waals surface area contributed by atoms with E-state index in [1.54, 1.807) is 24.5 Å². The van der Waals surface area contributed by atoms with Crippen LogP contribution in [0, 0.1) is 0 Å². The Labute approximate surface area is 166 Å². The number of carbonyl (C=O) groups is 1. The van der Waals surface area contributed by atoms with Crippen LogP contribution in [0.4, 0.5) is 5.82 Å². The van der Waals surface area contributed by atoms with Gasteiger partial charge in [0, 0.05) is 30.7 Å². The van der Waals surface area contributed by atoms with E-state index in [0.717, 1.165) is 24.4 Å². The van der Waals surface area contributed by atoms with Crippen LogP contribution in [0.1, 0.15) is 20.3 Å². The number of nitrogens with one attached hydrogen (secondary N) is 1. The van der Waals surface area contributed by atoms with Gasteiger partial charge in [-0.05, 0) is 37.6 Å². The first-order chi connectivity index (χ1) is 13.1. The SMILES string of the molecule is CCCn1c(SC(C)C(=O)Nc2ccc(Cl)cn2)nnc1-c1ccncc1. The number of nitrogens with zero attached hydrogens (tertiary/aromatic N) is 5. The summed E-state index contributed by atoms with van der Waals surface area (Å²) in [5, 5.41) is 12.3. The molecule has 0 radical (unpaired) electrons. The van der Waals surface area contributed by atoms with E-state index in [-0.39, 0.29) is 11.2 Å². The van der Waals surface area contributed by atoms with Crippen LogP contribution in [0.15, 0.2) is 48.0 Å². The Bertz CT molecular complexity index is 900. The molecule has 1 amide bonds. The van der Waals surface area contributed by atoms with Crippen molar-refractivity contribution >= 4 is 35.1 Å². The lowest BCUT2D eigenvalue weighted by Crippen LogP contribution is -2.23. The number of carbonyl (C=O) groups excluding carboxylic acids is 1. The molecule has 7 nitrogen and oxygen atoms in total. The quantitative estimate of drug-likeness (QED) is 0.603. The number of hydrogen-bond acceptors (Lipinski definition) is 6. The number of aromatic nitrogens is 5. The molecule has 0 saturated carbocycles. The van der Waals surface area contributed by atoms with Gasteiger partial charge in [-0.2, -0.15) is 0 Å². The standard InChI is InChI=1S/C18H19ClN6OS/c1-3-10-25-16(13-6-8-20-9-7-13)23-24-18(25)27-12(2)17(26)22-15-5-4-14(19)11-21-15/h4-9,11-12H,3,10H2,1-2H3,(H,21,22,26). The lowest BCUT2D eigenvalue weighted by molar-refractivity contribution is -0.115. The third kappa shape index (κ3) is 4.84. The molecule has 3 heterocycles. The van der Waals surface area contributed by atoms with E-state index in [0.29, 0.717) is 16.0 Å². The number of amides is 1. The Hall–Kier alpha value is -2.45. The predicted molar refractivity (Wildman–Crippen MR) is 107 cm³/mol. The Morgan fingerprint density at radius 2 is 2.04 bits per heavy atom. The first-order valence-corrected chi connectivity index (χ1v) is 9.77. The fraction of sp³-hybridized carbons (Fsp3) is 0.278. The Morgan fingerprint density at radius 1 is 1.26 bits per heavy atom. The van der Waals surface area contributed by atoms with Gasteiger partial charge in [-0.1, -0.05) is 30.3 Å². The van der Waals surface area contributed by atoms with E-state index in [1.807, 2.05) is 23.6 Å². The van der Waals surface area contributed by atoms with Crippen molar-refractivity contribution in [2.75, 3.05) is 5.32 Å². The number of hydrogen-bond donors (Lipinski definition) is 1. The van der Waals surface area contributed by atoms with Crippen molar-refractivity contribution < 1.29 is 4.79 Å². The van der Waals surface area contributed by atoms with Crippen LogP contribution in [-0.4, -0.2) is 35.9 Å². The molecular weight excluding hydrogens is 384 g/mol. The summed E-state index contributed by atoms with van der Waals surface area (Å²) in [6, 6.07) is 7.14. The van der Waals surface area contributed by atoms with Crippen molar-refractivity contribution in [3.8, 4) is 11.4 Å². The highest BCUT2D eigenvalue weighted by atomic mass is 35.5. The fourth-order valence-electron chi connectivity index (χ4n) is 2.40. The molecule has 0 aliphatic heterocycles. The molecule has 140 valence electrons. The van der Waals surface area contributed by atoms with Crippen molar-refractivity contribution in [1.29, 1.82) is 0 Å². The summed E-state index contributed by atoms with van der Waals surface area (Å²) in [5.41, 5.74) is 0.945. The molecule has 3 aromatic rings. The molecule has 0 aliphatic rings. The summed E-state index contributed by atoms with van der Waals surface area (Å²) < 4.78 is 2.03. The van der Waals surface area contributed by atoms with Gasteiger partial charge in [0.05, 0.1) is 10.3 Å². The van der Waals surface area contributed by atoms with E-state index in [1.165, 1.54) is 18.0 Å². The third-order valence-corrected chi connectivity index (χ3v) is 5.04. The molecule has 3 aromatic heterocycles. The normalized spacial score (nSPS) is 12.0. The van der Waals surface area contributed by atoms with Crippen LogP contribution in [0.5, 0.6) is 0 Å². The van der Waals surface area contributed by atoms with Gasteiger partial charge in [0.1, 0.15) is 5.82 Å². The molecule has 0 bridgehead atoms. The average Bonchev–Trinajstić information content (AvgIpc) is 3.07. The maximum atomic E-state index is 12.5. The average molecular weight is 403 g/mol. The minimum atomic E-state index is -0.368. The molecule has 0 aromatic carbocycles. The summed E-state index contributed by atoms with van der Waals surface area (Å²) in [4.78, 5) is 20.6. The van der Waals surface area contributed by atoms with E-state index in [9.17, 15) is 4.79 Å². The number of rotatable bonds is 7. The van der Waals surface area contributed by atoms with Crippen LogP contribution in [0.2, 0.25) is 5.02 Å². The van der Waals surface area contributed by atoms with Gasteiger partial charge < -0.3 is 9.88 Å². The van der Waals surface area contributed by atoms with E-state index in [2.05, 4.69) is 32.4 Å². The molecule has 27 heavy (non-hydrogen) atoms. The first kappa shape index (κ1) is 19.3. The van der Waals surface area contributed by atoms with Crippen molar-refractivity contribution in [1.82, 2.24) is 24.7 Å². The highest BCUT2D eigenvalue weighted by Crippen LogP contribution is 2.27. The monoisotopic (exact) mass is 402 g/mol. The molecule has 0 spiro atoms. The Balaban J connectivity index is 1.75. The lowest BCUT2D eigenvalue weighted by atomic mass is 10.2. The van der Waals surface area contributed by atoms with Crippen LogP contribution in [0.25, 0.3) is 11.4 Å². The fourth-order valence-corrected chi connectivity index (χ4v) is 3.39. The maximum absolute atomic E-state index is 12.5. The molecule has 1 unspecified atom stereocenters. The minimum absolute atomic E-state index is 0.161. The Morgan fingerprint density at radius 3 is 2.70 bits per heavy atom.